The highest BCUT2D eigenvalue weighted by Gasteiger charge is 2.11. The molecule has 2 rings (SSSR count). The van der Waals surface area contributed by atoms with Crippen LogP contribution in [-0.4, -0.2) is 23.3 Å². The van der Waals surface area contributed by atoms with E-state index in [4.69, 9.17) is 10.5 Å². The summed E-state index contributed by atoms with van der Waals surface area (Å²) in [6.45, 7) is 1.81. The number of nitrogens with one attached hydrogen (secondary N) is 1. The predicted octanol–water partition coefficient (Wildman–Crippen LogP) is 2.41. The largest absolute Gasteiger partial charge is 0.493 e. The van der Waals surface area contributed by atoms with Crippen molar-refractivity contribution < 1.29 is 19.2 Å². The van der Waals surface area contributed by atoms with E-state index in [0.717, 1.165) is 0 Å². The molecule has 0 radical (unpaired) electrons. The van der Waals surface area contributed by atoms with Crippen LogP contribution in [0.15, 0.2) is 42.5 Å². The van der Waals surface area contributed by atoms with Crippen LogP contribution in [0.4, 0.5) is 11.4 Å². The minimum absolute atomic E-state index is 0.0325. The Labute approximate surface area is 143 Å². The molecule has 0 saturated heterocycles. The summed E-state index contributed by atoms with van der Waals surface area (Å²) in [6, 6.07) is 10.5. The average Bonchev–Trinajstić information content (AvgIpc) is 2.57. The molecule has 0 aromatic heterocycles. The van der Waals surface area contributed by atoms with Crippen molar-refractivity contribution in [3.8, 4) is 5.75 Å². The van der Waals surface area contributed by atoms with Crippen molar-refractivity contribution in [3.63, 3.8) is 0 Å². The zero-order valence-electron chi connectivity index (χ0n) is 13.5. The molecule has 2 aromatic carbocycles. The normalized spacial score (nSPS) is 10.1. The van der Waals surface area contributed by atoms with E-state index in [9.17, 15) is 19.7 Å². The summed E-state index contributed by atoms with van der Waals surface area (Å²) in [7, 11) is 0. The van der Waals surface area contributed by atoms with E-state index in [1.807, 2.05) is 0 Å². The second-order valence-electron chi connectivity index (χ2n) is 5.24. The fourth-order valence-corrected chi connectivity index (χ4v) is 2.18. The van der Waals surface area contributed by atoms with Gasteiger partial charge in [0.15, 0.2) is 0 Å². The standard InChI is InChI=1S/C17H17N3O5/c1-11-14(17(18)22)3-2-4-15(11)19-16(21)9-10-25-13-7-5-12(6-8-13)20(23)24/h2-8H,9-10H2,1H3,(H2,18,22)(H,19,21). The molecule has 0 fully saturated rings. The molecule has 8 heteroatoms. The van der Waals surface area contributed by atoms with Gasteiger partial charge in [0.25, 0.3) is 5.69 Å². The number of carbonyl (C=O) groups excluding carboxylic acids is 2. The van der Waals surface area contributed by atoms with Gasteiger partial charge in [0, 0.05) is 23.4 Å². The lowest BCUT2D eigenvalue weighted by molar-refractivity contribution is -0.384. The summed E-state index contributed by atoms with van der Waals surface area (Å²) in [5.41, 5.74) is 6.70. The third kappa shape index (κ3) is 4.77. The number of carbonyl (C=O) groups is 2. The van der Waals surface area contributed by atoms with Crippen molar-refractivity contribution in [1.82, 2.24) is 0 Å². The Morgan fingerprint density at radius 1 is 1.20 bits per heavy atom. The Bertz CT molecular complexity index is 802. The molecule has 0 aliphatic carbocycles. The number of ether oxygens (including phenoxy) is 1. The molecule has 0 bridgehead atoms. The van der Waals surface area contributed by atoms with Crippen molar-refractivity contribution in [3.05, 3.63) is 63.7 Å². The van der Waals surface area contributed by atoms with Gasteiger partial charge in [-0.25, -0.2) is 0 Å². The first kappa shape index (κ1) is 17.9. The summed E-state index contributed by atoms with van der Waals surface area (Å²) in [6.07, 6.45) is 0.0806. The quantitative estimate of drug-likeness (QED) is 0.590. The van der Waals surface area contributed by atoms with Gasteiger partial charge in [0.05, 0.1) is 18.0 Å². The van der Waals surface area contributed by atoms with Crippen LogP contribution >= 0.6 is 0 Å². The molecule has 0 unspecified atom stereocenters. The molecular weight excluding hydrogens is 326 g/mol. The predicted molar refractivity (Wildman–Crippen MR) is 91.5 cm³/mol. The second-order valence-corrected chi connectivity index (χ2v) is 5.24. The molecule has 0 heterocycles. The fourth-order valence-electron chi connectivity index (χ4n) is 2.18. The first-order chi connectivity index (χ1) is 11.9. The van der Waals surface area contributed by atoms with Gasteiger partial charge in [-0.15, -0.1) is 0 Å². The molecule has 0 aliphatic rings. The number of nitro groups is 1. The fraction of sp³-hybridized carbons (Fsp3) is 0.176. The van der Waals surface area contributed by atoms with Crippen molar-refractivity contribution in [2.75, 3.05) is 11.9 Å². The van der Waals surface area contributed by atoms with Gasteiger partial charge >= 0.3 is 0 Å². The highest BCUT2D eigenvalue weighted by Crippen LogP contribution is 2.19. The summed E-state index contributed by atoms with van der Waals surface area (Å²) in [5.74, 6) is -0.410. The Balaban J connectivity index is 1.88. The third-order valence-electron chi connectivity index (χ3n) is 3.52. The van der Waals surface area contributed by atoms with E-state index in [-0.39, 0.29) is 24.6 Å². The molecule has 2 aromatic rings. The number of hydrogen-bond acceptors (Lipinski definition) is 5. The first-order valence-electron chi connectivity index (χ1n) is 7.45. The monoisotopic (exact) mass is 343 g/mol. The van der Waals surface area contributed by atoms with Gasteiger partial charge in [-0.3, -0.25) is 19.7 Å². The molecule has 0 aliphatic heterocycles. The van der Waals surface area contributed by atoms with Gasteiger partial charge in [-0.1, -0.05) is 6.07 Å². The topological polar surface area (TPSA) is 125 Å². The number of nitro benzene ring substituents is 1. The van der Waals surface area contributed by atoms with E-state index < -0.39 is 10.8 Å². The molecule has 0 atom stereocenters. The van der Waals surface area contributed by atoms with E-state index in [1.54, 1.807) is 25.1 Å². The summed E-state index contributed by atoms with van der Waals surface area (Å²) < 4.78 is 5.38. The maximum absolute atomic E-state index is 12.0. The molecule has 3 N–H and O–H groups in total. The number of amides is 2. The number of hydrogen-bond donors (Lipinski definition) is 2. The molecule has 0 spiro atoms. The van der Waals surface area contributed by atoms with Crippen molar-refractivity contribution in [2.24, 2.45) is 5.73 Å². The van der Waals surface area contributed by atoms with Crippen molar-refractivity contribution >= 4 is 23.2 Å². The highest BCUT2D eigenvalue weighted by molar-refractivity contribution is 5.98. The molecule has 2 amide bonds. The van der Waals surface area contributed by atoms with Crippen LogP contribution in [0.5, 0.6) is 5.75 Å². The third-order valence-corrected chi connectivity index (χ3v) is 3.52. The van der Waals surface area contributed by atoms with Crippen LogP contribution < -0.4 is 15.8 Å². The smallest absolute Gasteiger partial charge is 0.269 e. The van der Waals surface area contributed by atoms with Crippen molar-refractivity contribution in [2.45, 2.75) is 13.3 Å². The van der Waals surface area contributed by atoms with Crippen LogP contribution in [0.25, 0.3) is 0 Å². The van der Waals surface area contributed by atoms with Gasteiger partial charge in [0.2, 0.25) is 11.8 Å². The average molecular weight is 343 g/mol. The summed E-state index contributed by atoms with van der Waals surface area (Å²) >= 11 is 0. The maximum Gasteiger partial charge on any atom is 0.269 e. The van der Waals surface area contributed by atoms with Crippen LogP contribution in [0.2, 0.25) is 0 Å². The van der Waals surface area contributed by atoms with Crippen LogP contribution in [0.3, 0.4) is 0 Å². The molecule has 25 heavy (non-hydrogen) atoms. The lowest BCUT2D eigenvalue weighted by Crippen LogP contribution is -2.18. The lowest BCUT2D eigenvalue weighted by atomic mass is 10.1. The number of benzene rings is 2. The van der Waals surface area contributed by atoms with Gasteiger partial charge in [-0.05, 0) is 36.8 Å². The van der Waals surface area contributed by atoms with Crippen LogP contribution in [0.1, 0.15) is 22.3 Å². The molecule has 0 saturated carbocycles. The molecular formula is C17H17N3O5. The Kier molecular flexibility index (Phi) is 5.67. The Morgan fingerprint density at radius 2 is 1.88 bits per heavy atom. The van der Waals surface area contributed by atoms with E-state index in [1.165, 1.54) is 24.3 Å². The van der Waals surface area contributed by atoms with Crippen LogP contribution in [0, 0.1) is 17.0 Å². The van der Waals surface area contributed by atoms with E-state index in [0.29, 0.717) is 22.6 Å². The Morgan fingerprint density at radius 3 is 2.48 bits per heavy atom. The van der Waals surface area contributed by atoms with E-state index in [2.05, 4.69) is 5.32 Å². The molecule has 8 nitrogen and oxygen atoms in total. The molecule has 130 valence electrons. The van der Waals surface area contributed by atoms with Gasteiger partial charge in [-0.2, -0.15) is 0 Å². The number of nitrogens with two attached hydrogens (primary N) is 1. The summed E-state index contributed by atoms with van der Waals surface area (Å²) in [5, 5.41) is 13.3. The SMILES string of the molecule is Cc1c(NC(=O)CCOc2ccc([N+](=O)[O-])cc2)cccc1C(N)=O. The van der Waals surface area contributed by atoms with Crippen molar-refractivity contribution in [1.29, 1.82) is 0 Å². The minimum Gasteiger partial charge on any atom is -0.493 e. The first-order valence-corrected chi connectivity index (χ1v) is 7.45. The zero-order valence-corrected chi connectivity index (χ0v) is 13.5. The van der Waals surface area contributed by atoms with Crippen LogP contribution in [-0.2, 0) is 4.79 Å². The maximum atomic E-state index is 12.0. The van der Waals surface area contributed by atoms with Gasteiger partial charge < -0.3 is 15.8 Å². The lowest BCUT2D eigenvalue weighted by Gasteiger charge is -2.11. The van der Waals surface area contributed by atoms with Gasteiger partial charge in [0.1, 0.15) is 5.75 Å². The number of anilines is 1. The number of rotatable bonds is 7. The number of nitrogens with zero attached hydrogens (tertiary/aromatic N) is 1. The second kappa shape index (κ2) is 7.91. The minimum atomic E-state index is -0.560. The number of primary amides is 1. The summed E-state index contributed by atoms with van der Waals surface area (Å²) in [4.78, 5) is 33.4. The highest BCUT2D eigenvalue weighted by atomic mass is 16.6. The number of non-ortho nitro benzene ring substituents is 1. The van der Waals surface area contributed by atoms with E-state index >= 15 is 0 Å². The zero-order chi connectivity index (χ0) is 18.4. The Hall–Kier alpha value is -3.42.